The molecule has 0 bridgehead atoms. The molecule has 3 rings (SSSR count). The second-order valence-electron chi connectivity index (χ2n) is 7.82. The average Bonchev–Trinajstić information content (AvgIpc) is 3.31. The number of amides is 1. The first kappa shape index (κ1) is 22.6. The molecule has 0 unspecified atom stereocenters. The normalized spacial score (nSPS) is 14.1. The van der Waals surface area contributed by atoms with E-state index in [1.807, 2.05) is 43.0 Å². The maximum absolute atomic E-state index is 13.1. The Morgan fingerprint density at radius 2 is 1.90 bits per heavy atom. The van der Waals surface area contributed by atoms with Crippen molar-refractivity contribution < 1.29 is 4.79 Å². The van der Waals surface area contributed by atoms with E-state index in [0.29, 0.717) is 22.7 Å². The van der Waals surface area contributed by atoms with Gasteiger partial charge >= 0.3 is 0 Å². The zero-order valence-corrected chi connectivity index (χ0v) is 18.7. The van der Waals surface area contributed by atoms with Crippen molar-refractivity contribution in [1.29, 1.82) is 5.26 Å². The standard InChI is InChI=1S/C25H27ClN4O/c1-17(2)23(18(3)30(28)21-11-10-20(16-27)24(26)15-21)14-19-8-4-5-9-22(19)25(31)29-12-6-7-13-29/h4-5,8-11,15H,1,6-7,12-14,28H2,2-3H3/b23-18-. The van der Waals surface area contributed by atoms with Gasteiger partial charge in [0.25, 0.3) is 5.91 Å². The van der Waals surface area contributed by atoms with Gasteiger partial charge in [0.15, 0.2) is 0 Å². The van der Waals surface area contributed by atoms with Crippen LogP contribution in [0.2, 0.25) is 5.02 Å². The molecule has 0 saturated carbocycles. The summed E-state index contributed by atoms with van der Waals surface area (Å²) in [4.78, 5) is 15.0. The van der Waals surface area contributed by atoms with E-state index in [0.717, 1.165) is 53.9 Å². The summed E-state index contributed by atoms with van der Waals surface area (Å²) in [6.07, 6.45) is 2.65. The monoisotopic (exact) mass is 434 g/mol. The van der Waals surface area contributed by atoms with Crippen LogP contribution in [0.3, 0.4) is 0 Å². The molecular weight excluding hydrogens is 408 g/mol. The van der Waals surface area contributed by atoms with Gasteiger partial charge in [-0.3, -0.25) is 9.80 Å². The minimum absolute atomic E-state index is 0.0790. The molecule has 0 aliphatic carbocycles. The van der Waals surface area contributed by atoms with Gasteiger partial charge in [-0.05, 0) is 62.1 Å². The summed E-state index contributed by atoms with van der Waals surface area (Å²) in [5.74, 6) is 6.49. The molecule has 5 nitrogen and oxygen atoms in total. The fraction of sp³-hybridized carbons (Fsp3) is 0.280. The molecule has 1 aliphatic rings. The molecule has 31 heavy (non-hydrogen) atoms. The minimum Gasteiger partial charge on any atom is -0.339 e. The van der Waals surface area contributed by atoms with Crippen LogP contribution < -0.4 is 10.9 Å². The molecular formula is C25H27ClN4O. The molecule has 2 N–H and O–H groups in total. The molecule has 2 aromatic carbocycles. The van der Waals surface area contributed by atoms with Crippen molar-refractivity contribution in [2.45, 2.75) is 33.1 Å². The zero-order chi connectivity index (χ0) is 22.5. The topological polar surface area (TPSA) is 73.4 Å². The Balaban J connectivity index is 1.95. The van der Waals surface area contributed by atoms with Gasteiger partial charge in [-0.15, -0.1) is 0 Å². The number of anilines is 1. The number of carbonyl (C=O) groups is 1. The summed E-state index contributed by atoms with van der Waals surface area (Å²) in [7, 11) is 0. The summed E-state index contributed by atoms with van der Waals surface area (Å²) in [6.45, 7) is 9.61. The molecule has 0 atom stereocenters. The number of hydrogen-bond donors (Lipinski definition) is 1. The quantitative estimate of drug-likeness (QED) is 0.384. The SMILES string of the molecule is C=C(C)/C(Cc1ccccc1C(=O)N1CCCC1)=C(/C)N(N)c1ccc(C#N)c(Cl)c1. The van der Waals surface area contributed by atoms with Gasteiger partial charge in [0, 0.05) is 30.8 Å². The van der Waals surface area contributed by atoms with Crippen molar-refractivity contribution in [3.8, 4) is 6.07 Å². The largest absolute Gasteiger partial charge is 0.339 e. The lowest BCUT2D eigenvalue weighted by atomic mass is 9.94. The molecule has 160 valence electrons. The van der Waals surface area contributed by atoms with Crippen LogP contribution in [0.1, 0.15) is 48.2 Å². The Morgan fingerprint density at radius 3 is 2.52 bits per heavy atom. The van der Waals surface area contributed by atoms with Crippen LogP contribution in [-0.4, -0.2) is 23.9 Å². The number of likely N-dealkylation sites (tertiary alicyclic amines) is 1. The number of nitrogens with zero attached hydrogens (tertiary/aromatic N) is 3. The van der Waals surface area contributed by atoms with Gasteiger partial charge in [0.05, 0.1) is 16.3 Å². The number of benzene rings is 2. The molecule has 1 heterocycles. The Morgan fingerprint density at radius 1 is 1.23 bits per heavy atom. The lowest BCUT2D eigenvalue weighted by Gasteiger charge is -2.25. The molecule has 0 aromatic heterocycles. The zero-order valence-electron chi connectivity index (χ0n) is 18.0. The summed E-state index contributed by atoms with van der Waals surface area (Å²) < 4.78 is 0. The van der Waals surface area contributed by atoms with Crippen LogP contribution in [-0.2, 0) is 6.42 Å². The fourth-order valence-corrected chi connectivity index (χ4v) is 4.05. The van der Waals surface area contributed by atoms with Gasteiger partial charge in [0.1, 0.15) is 6.07 Å². The lowest BCUT2D eigenvalue weighted by Crippen LogP contribution is -2.31. The number of hydrazine groups is 1. The number of hydrogen-bond acceptors (Lipinski definition) is 4. The first-order valence-electron chi connectivity index (χ1n) is 10.3. The maximum Gasteiger partial charge on any atom is 0.254 e. The highest BCUT2D eigenvalue weighted by Gasteiger charge is 2.22. The highest BCUT2D eigenvalue weighted by molar-refractivity contribution is 6.32. The van der Waals surface area contributed by atoms with Crippen LogP contribution in [0.5, 0.6) is 0 Å². The highest BCUT2D eigenvalue weighted by atomic mass is 35.5. The van der Waals surface area contributed by atoms with E-state index in [1.165, 1.54) is 0 Å². The summed E-state index contributed by atoms with van der Waals surface area (Å²) in [6, 6.07) is 14.9. The fourth-order valence-electron chi connectivity index (χ4n) is 3.84. The third-order valence-electron chi connectivity index (χ3n) is 5.67. The van der Waals surface area contributed by atoms with Crippen LogP contribution >= 0.6 is 11.6 Å². The predicted octanol–water partition coefficient (Wildman–Crippen LogP) is 5.22. The van der Waals surface area contributed by atoms with Crippen molar-refractivity contribution in [2.24, 2.45) is 5.84 Å². The Bertz CT molecular complexity index is 1080. The van der Waals surface area contributed by atoms with Crippen molar-refractivity contribution in [1.82, 2.24) is 4.90 Å². The number of rotatable bonds is 6. The van der Waals surface area contributed by atoms with Gasteiger partial charge in [-0.2, -0.15) is 5.26 Å². The number of nitrogens with two attached hydrogens (primary N) is 1. The highest BCUT2D eigenvalue weighted by Crippen LogP contribution is 2.28. The van der Waals surface area contributed by atoms with E-state index in [1.54, 1.807) is 23.2 Å². The third-order valence-corrected chi connectivity index (χ3v) is 5.99. The molecule has 1 saturated heterocycles. The minimum atomic E-state index is 0.0790. The van der Waals surface area contributed by atoms with Gasteiger partial charge in [-0.25, -0.2) is 5.84 Å². The second-order valence-corrected chi connectivity index (χ2v) is 8.23. The average molecular weight is 435 g/mol. The molecule has 1 aliphatic heterocycles. The van der Waals surface area contributed by atoms with Crippen LogP contribution in [0.4, 0.5) is 5.69 Å². The van der Waals surface area contributed by atoms with Crippen molar-refractivity contribution in [3.05, 3.63) is 87.6 Å². The molecule has 0 radical (unpaired) electrons. The van der Waals surface area contributed by atoms with E-state index < -0.39 is 0 Å². The first-order valence-corrected chi connectivity index (χ1v) is 10.7. The van der Waals surface area contributed by atoms with Gasteiger partial charge < -0.3 is 4.90 Å². The van der Waals surface area contributed by atoms with E-state index in [9.17, 15) is 4.79 Å². The van der Waals surface area contributed by atoms with Crippen molar-refractivity contribution >= 4 is 23.2 Å². The summed E-state index contributed by atoms with van der Waals surface area (Å²) in [5, 5.41) is 11.0. The van der Waals surface area contributed by atoms with E-state index >= 15 is 0 Å². The Kier molecular flexibility index (Phi) is 7.17. The van der Waals surface area contributed by atoms with Gasteiger partial charge in [-0.1, -0.05) is 42.0 Å². The molecule has 1 fully saturated rings. The molecule has 0 spiro atoms. The van der Waals surface area contributed by atoms with E-state index in [2.05, 4.69) is 12.6 Å². The summed E-state index contributed by atoms with van der Waals surface area (Å²) >= 11 is 6.19. The van der Waals surface area contributed by atoms with Crippen LogP contribution in [0.15, 0.2) is 65.9 Å². The van der Waals surface area contributed by atoms with Crippen molar-refractivity contribution in [2.75, 3.05) is 18.1 Å². The van der Waals surface area contributed by atoms with Crippen LogP contribution in [0.25, 0.3) is 0 Å². The van der Waals surface area contributed by atoms with Gasteiger partial charge in [0.2, 0.25) is 0 Å². The number of nitriles is 1. The Labute approximate surface area is 189 Å². The molecule has 6 heteroatoms. The molecule has 2 aromatic rings. The predicted molar refractivity (Wildman–Crippen MR) is 126 cm³/mol. The number of carbonyl (C=O) groups excluding carboxylic acids is 1. The number of allylic oxidation sites excluding steroid dienone is 3. The van der Waals surface area contributed by atoms with Crippen molar-refractivity contribution in [3.63, 3.8) is 0 Å². The Hall–Kier alpha value is -3.07. The first-order chi connectivity index (χ1) is 14.8. The van der Waals surface area contributed by atoms with Crippen LogP contribution in [0, 0.1) is 11.3 Å². The third kappa shape index (κ3) is 4.99. The smallest absolute Gasteiger partial charge is 0.254 e. The maximum atomic E-state index is 13.1. The number of halogens is 1. The van der Waals surface area contributed by atoms with E-state index in [-0.39, 0.29) is 5.91 Å². The second kappa shape index (κ2) is 9.82. The van der Waals surface area contributed by atoms with E-state index in [4.69, 9.17) is 22.7 Å². The molecule has 1 amide bonds. The summed E-state index contributed by atoms with van der Waals surface area (Å²) in [5.41, 5.74) is 5.36. The lowest BCUT2D eigenvalue weighted by molar-refractivity contribution is 0.0792.